The minimum absolute atomic E-state index is 0.0633. The number of carbonyl (C=O) groups excluding carboxylic acids is 2. The van der Waals surface area contributed by atoms with Gasteiger partial charge in [0.2, 0.25) is 5.91 Å². The summed E-state index contributed by atoms with van der Waals surface area (Å²) in [7, 11) is 0. The van der Waals surface area contributed by atoms with Crippen LogP contribution in [0.3, 0.4) is 0 Å². The summed E-state index contributed by atoms with van der Waals surface area (Å²) in [6, 6.07) is -0.920. The summed E-state index contributed by atoms with van der Waals surface area (Å²) in [6.45, 7) is 10.9. The highest BCUT2D eigenvalue weighted by atomic mass is 16.6. The van der Waals surface area contributed by atoms with Crippen LogP contribution in [0.25, 0.3) is 0 Å². The van der Waals surface area contributed by atoms with Gasteiger partial charge in [-0.3, -0.25) is 9.59 Å². The fourth-order valence-corrected chi connectivity index (χ4v) is 1.13. The molecule has 0 saturated heterocycles. The molecule has 1 unspecified atom stereocenters. The van der Waals surface area contributed by atoms with Gasteiger partial charge in [-0.2, -0.15) is 0 Å². The van der Waals surface area contributed by atoms with Crippen molar-refractivity contribution in [2.45, 2.75) is 65.1 Å². The van der Waals surface area contributed by atoms with Crippen molar-refractivity contribution >= 4 is 11.9 Å². The number of amides is 1. The van der Waals surface area contributed by atoms with E-state index >= 15 is 0 Å². The van der Waals surface area contributed by atoms with Crippen LogP contribution in [-0.4, -0.2) is 29.1 Å². The Morgan fingerprint density at radius 2 is 1.65 bits per heavy atom. The van der Waals surface area contributed by atoms with Crippen molar-refractivity contribution in [3.8, 4) is 0 Å². The van der Waals surface area contributed by atoms with Gasteiger partial charge in [0, 0.05) is 5.54 Å². The molecule has 0 bridgehead atoms. The third-order valence-corrected chi connectivity index (χ3v) is 1.63. The molecule has 0 radical (unpaired) electrons. The summed E-state index contributed by atoms with van der Waals surface area (Å²) in [6.07, 6.45) is -0.0633. The van der Waals surface area contributed by atoms with Crippen molar-refractivity contribution in [1.29, 1.82) is 0 Å². The lowest BCUT2D eigenvalue weighted by Crippen LogP contribution is -2.45. The van der Waals surface area contributed by atoms with Gasteiger partial charge in [-0.15, -0.1) is 0 Å². The first-order valence-electron chi connectivity index (χ1n) is 5.70. The average molecular weight is 244 g/mol. The van der Waals surface area contributed by atoms with E-state index in [4.69, 9.17) is 10.5 Å². The van der Waals surface area contributed by atoms with Crippen LogP contribution in [0.2, 0.25) is 0 Å². The number of nitrogens with one attached hydrogen (secondary N) is 1. The molecule has 3 N–H and O–H groups in total. The van der Waals surface area contributed by atoms with E-state index in [0.717, 1.165) is 0 Å². The van der Waals surface area contributed by atoms with Crippen molar-refractivity contribution in [1.82, 2.24) is 5.32 Å². The van der Waals surface area contributed by atoms with Crippen molar-refractivity contribution < 1.29 is 14.3 Å². The summed E-state index contributed by atoms with van der Waals surface area (Å²) in [4.78, 5) is 23.1. The number of carbonyl (C=O) groups is 2. The number of nitrogens with two attached hydrogens (primary N) is 1. The summed E-state index contributed by atoms with van der Waals surface area (Å²) in [5, 5.41) is 2.74. The van der Waals surface area contributed by atoms with Crippen LogP contribution < -0.4 is 11.1 Å². The van der Waals surface area contributed by atoms with E-state index in [1.165, 1.54) is 0 Å². The van der Waals surface area contributed by atoms with E-state index in [2.05, 4.69) is 5.32 Å². The molecule has 17 heavy (non-hydrogen) atoms. The minimum Gasteiger partial charge on any atom is -0.459 e. The van der Waals surface area contributed by atoms with Crippen LogP contribution in [0.5, 0.6) is 0 Å². The predicted octanol–water partition coefficient (Wildman–Crippen LogP) is 0.960. The standard InChI is InChI=1S/C12H24N2O3/c1-11(2,3)14-9(15)7-8(13)10(16)17-12(4,5)6/h8H,7,13H2,1-6H3,(H,14,15). The molecule has 5 nitrogen and oxygen atoms in total. The van der Waals surface area contributed by atoms with Gasteiger partial charge in [0.1, 0.15) is 11.6 Å². The Labute approximate surface area is 103 Å². The Morgan fingerprint density at radius 1 is 1.18 bits per heavy atom. The third-order valence-electron chi connectivity index (χ3n) is 1.63. The molecule has 1 amide bonds. The zero-order valence-electron chi connectivity index (χ0n) is 11.6. The second-order valence-corrected chi connectivity index (χ2v) is 6.14. The first-order valence-corrected chi connectivity index (χ1v) is 5.70. The number of esters is 1. The van der Waals surface area contributed by atoms with E-state index in [1.54, 1.807) is 20.8 Å². The molecule has 0 fully saturated rings. The molecule has 0 saturated carbocycles. The molecule has 0 aliphatic heterocycles. The van der Waals surface area contributed by atoms with Crippen molar-refractivity contribution in [3.63, 3.8) is 0 Å². The maximum atomic E-state index is 11.5. The maximum Gasteiger partial charge on any atom is 0.323 e. The van der Waals surface area contributed by atoms with Crippen molar-refractivity contribution in [3.05, 3.63) is 0 Å². The molecule has 0 aromatic carbocycles. The quantitative estimate of drug-likeness (QED) is 0.724. The SMILES string of the molecule is CC(C)(C)NC(=O)CC(N)C(=O)OC(C)(C)C. The zero-order valence-corrected chi connectivity index (χ0v) is 11.6. The lowest BCUT2D eigenvalue weighted by molar-refractivity contribution is -0.157. The van der Waals surface area contributed by atoms with Crippen LogP contribution in [0.15, 0.2) is 0 Å². The van der Waals surface area contributed by atoms with E-state index in [0.29, 0.717) is 0 Å². The van der Waals surface area contributed by atoms with Crippen molar-refractivity contribution in [2.75, 3.05) is 0 Å². The van der Waals surface area contributed by atoms with Gasteiger partial charge in [-0.25, -0.2) is 0 Å². The lowest BCUT2D eigenvalue weighted by atomic mass is 10.1. The Balaban J connectivity index is 4.22. The van der Waals surface area contributed by atoms with E-state index in [9.17, 15) is 9.59 Å². The summed E-state index contributed by atoms with van der Waals surface area (Å²) in [5.74, 6) is -0.808. The molecular formula is C12H24N2O3. The van der Waals surface area contributed by atoms with Gasteiger partial charge in [-0.1, -0.05) is 0 Å². The zero-order chi connectivity index (χ0) is 13.9. The second kappa shape index (κ2) is 5.49. The van der Waals surface area contributed by atoms with E-state index in [-0.39, 0.29) is 17.9 Å². The second-order valence-electron chi connectivity index (χ2n) is 6.14. The number of rotatable bonds is 3. The van der Waals surface area contributed by atoms with Gasteiger partial charge >= 0.3 is 5.97 Å². The molecule has 0 aromatic heterocycles. The highest BCUT2D eigenvalue weighted by Gasteiger charge is 2.25. The van der Waals surface area contributed by atoms with E-state index in [1.807, 2.05) is 20.8 Å². The maximum absolute atomic E-state index is 11.5. The smallest absolute Gasteiger partial charge is 0.323 e. The Bertz CT molecular complexity index is 287. The van der Waals surface area contributed by atoms with Crippen LogP contribution >= 0.6 is 0 Å². The highest BCUT2D eigenvalue weighted by Crippen LogP contribution is 2.09. The normalized spacial score (nSPS) is 14.1. The molecule has 0 aliphatic rings. The molecule has 0 spiro atoms. The highest BCUT2D eigenvalue weighted by molar-refractivity contribution is 5.85. The fourth-order valence-electron chi connectivity index (χ4n) is 1.13. The van der Waals surface area contributed by atoms with Gasteiger partial charge in [0.05, 0.1) is 6.42 Å². The number of hydrogen-bond donors (Lipinski definition) is 2. The average Bonchev–Trinajstić information content (AvgIpc) is 1.95. The Morgan fingerprint density at radius 3 is 2.00 bits per heavy atom. The van der Waals surface area contributed by atoms with Gasteiger partial charge in [0.25, 0.3) is 0 Å². The number of hydrogen-bond acceptors (Lipinski definition) is 4. The van der Waals surface area contributed by atoms with Crippen LogP contribution in [0.4, 0.5) is 0 Å². The lowest BCUT2D eigenvalue weighted by Gasteiger charge is -2.24. The van der Waals surface area contributed by atoms with Crippen LogP contribution in [0, 0.1) is 0 Å². The topological polar surface area (TPSA) is 81.4 Å². The van der Waals surface area contributed by atoms with Gasteiger partial charge < -0.3 is 15.8 Å². The number of ether oxygens (including phenoxy) is 1. The van der Waals surface area contributed by atoms with Gasteiger partial charge in [-0.05, 0) is 41.5 Å². The first-order chi connectivity index (χ1) is 7.41. The monoisotopic (exact) mass is 244 g/mol. The summed E-state index contributed by atoms with van der Waals surface area (Å²) < 4.78 is 5.09. The van der Waals surface area contributed by atoms with Crippen molar-refractivity contribution in [2.24, 2.45) is 5.73 Å². The van der Waals surface area contributed by atoms with E-state index < -0.39 is 17.6 Å². The third kappa shape index (κ3) is 8.68. The molecular weight excluding hydrogens is 220 g/mol. The summed E-state index contributed by atoms with van der Waals surface area (Å²) >= 11 is 0. The minimum atomic E-state index is -0.920. The van der Waals surface area contributed by atoms with Gasteiger partial charge in [0.15, 0.2) is 0 Å². The van der Waals surface area contributed by atoms with Crippen LogP contribution in [0.1, 0.15) is 48.0 Å². The van der Waals surface area contributed by atoms with Crippen LogP contribution in [-0.2, 0) is 14.3 Å². The first kappa shape index (κ1) is 15.9. The molecule has 0 rings (SSSR count). The molecule has 0 aromatic rings. The molecule has 0 heterocycles. The molecule has 1 atom stereocenters. The Hall–Kier alpha value is -1.10. The molecule has 0 aliphatic carbocycles. The fraction of sp³-hybridized carbons (Fsp3) is 0.833. The largest absolute Gasteiger partial charge is 0.459 e. The molecule has 5 heteroatoms. The summed E-state index contributed by atoms with van der Waals surface area (Å²) in [5.41, 5.74) is 4.69. The Kier molecular flexibility index (Phi) is 5.13. The predicted molar refractivity (Wildman–Crippen MR) is 66.3 cm³/mol. The molecule has 100 valence electrons.